The van der Waals surface area contributed by atoms with Gasteiger partial charge in [-0.1, -0.05) is 0 Å². The normalized spacial score (nSPS) is 14.4. The fraction of sp³-hybridized carbons (Fsp3) is 0.308. The van der Waals surface area contributed by atoms with Crippen LogP contribution in [-0.2, 0) is 19.3 Å². The van der Waals surface area contributed by atoms with Gasteiger partial charge >= 0.3 is 6.18 Å². The molecular weight excluding hydrogens is 269 g/mol. The van der Waals surface area contributed by atoms with Gasteiger partial charge in [0, 0.05) is 24.8 Å². The Morgan fingerprint density at radius 3 is 2.70 bits per heavy atom. The fourth-order valence-electron chi connectivity index (χ4n) is 2.18. The predicted octanol–water partition coefficient (Wildman–Crippen LogP) is 2.47. The summed E-state index contributed by atoms with van der Waals surface area (Å²) < 4.78 is 39.2. The molecule has 0 amide bonds. The first-order chi connectivity index (χ1) is 9.45. The number of rotatable bonds is 1. The van der Waals surface area contributed by atoms with E-state index in [1.807, 2.05) is 6.92 Å². The Bertz CT molecular complexity index is 667. The van der Waals surface area contributed by atoms with E-state index in [-0.39, 0.29) is 17.9 Å². The van der Waals surface area contributed by atoms with Gasteiger partial charge in [0.25, 0.3) is 0 Å². The molecule has 0 aliphatic carbocycles. The highest BCUT2D eigenvalue weighted by molar-refractivity contribution is 5.52. The molecule has 3 heterocycles. The Hall–Kier alpha value is -2.02. The number of pyridine rings is 1. The molecule has 2 aromatic heterocycles. The average Bonchev–Trinajstić information content (AvgIpc) is 2.84. The van der Waals surface area contributed by atoms with Crippen molar-refractivity contribution in [3.05, 3.63) is 40.8 Å². The van der Waals surface area contributed by atoms with E-state index in [2.05, 4.69) is 20.3 Å². The third-order valence-corrected chi connectivity index (χ3v) is 3.10. The molecule has 1 aliphatic rings. The monoisotopic (exact) mass is 280 g/mol. The minimum atomic E-state index is -4.49. The summed E-state index contributed by atoms with van der Waals surface area (Å²) >= 11 is 0. The van der Waals surface area contributed by atoms with Crippen LogP contribution in [0.4, 0.5) is 13.2 Å². The molecule has 0 saturated heterocycles. The van der Waals surface area contributed by atoms with E-state index in [0.29, 0.717) is 17.9 Å². The molecule has 0 unspecified atom stereocenters. The molecule has 0 aromatic carbocycles. The van der Waals surface area contributed by atoms with Crippen molar-refractivity contribution in [2.75, 3.05) is 0 Å². The van der Waals surface area contributed by atoms with Gasteiger partial charge in [0.2, 0.25) is 0 Å². The Kier molecular flexibility index (Phi) is 2.93. The highest BCUT2D eigenvalue weighted by Gasteiger charge is 2.38. The summed E-state index contributed by atoms with van der Waals surface area (Å²) in [5, 5.41) is 2.87. The minimum absolute atomic E-state index is 0.0171. The maximum absolute atomic E-state index is 13.1. The van der Waals surface area contributed by atoms with Crippen LogP contribution in [0.25, 0.3) is 11.5 Å². The number of aromatic nitrogens is 3. The van der Waals surface area contributed by atoms with E-state index in [9.17, 15) is 13.2 Å². The summed E-state index contributed by atoms with van der Waals surface area (Å²) in [5.41, 5.74) is 0.904. The smallest absolute Gasteiger partial charge is 0.307 e. The van der Waals surface area contributed by atoms with Crippen molar-refractivity contribution in [1.29, 1.82) is 0 Å². The van der Waals surface area contributed by atoms with Crippen LogP contribution < -0.4 is 5.32 Å². The largest absolute Gasteiger partial charge is 0.433 e. The summed E-state index contributed by atoms with van der Waals surface area (Å²) in [4.78, 5) is 11.9. The topological polar surface area (TPSA) is 50.7 Å². The van der Waals surface area contributed by atoms with Crippen molar-refractivity contribution < 1.29 is 13.2 Å². The molecule has 0 saturated carbocycles. The molecule has 2 aromatic rings. The van der Waals surface area contributed by atoms with Crippen LogP contribution in [-0.4, -0.2) is 15.0 Å². The second kappa shape index (κ2) is 4.52. The van der Waals surface area contributed by atoms with Crippen molar-refractivity contribution in [2.45, 2.75) is 26.2 Å². The van der Waals surface area contributed by atoms with Crippen LogP contribution in [0.2, 0.25) is 0 Å². The van der Waals surface area contributed by atoms with Gasteiger partial charge < -0.3 is 5.32 Å². The van der Waals surface area contributed by atoms with Crippen molar-refractivity contribution in [3.8, 4) is 11.5 Å². The second-order valence-electron chi connectivity index (χ2n) is 4.64. The Labute approximate surface area is 113 Å². The highest BCUT2D eigenvalue weighted by Crippen LogP contribution is 2.34. The van der Waals surface area contributed by atoms with Gasteiger partial charge in [0.1, 0.15) is 5.69 Å². The van der Waals surface area contributed by atoms with Gasteiger partial charge in [0.05, 0.1) is 5.69 Å². The van der Waals surface area contributed by atoms with Gasteiger partial charge in [-0.3, -0.25) is 4.98 Å². The molecule has 0 bridgehead atoms. The third-order valence-electron chi connectivity index (χ3n) is 3.10. The van der Waals surface area contributed by atoms with Gasteiger partial charge in [0.15, 0.2) is 11.5 Å². The van der Waals surface area contributed by atoms with E-state index in [1.165, 1.54) is 6.20 Å². The van der Waals surface area contributed by atoms with Gasteiger partial charge in [-0.25, -0.2) is 9.97 Å². The lowest BCUT2D eigenvalue weighted by molar-refractivity contribution is -0.141. The zero-order chi connectivity index (χ0) is 14.3. The summed E-state index contributed by atoms with van der Waals surface area (Å²) in [7, 11) is 0. The van der Waals surface area contributed by atoms with Crippen LogP contribution >= 0.6 is 0 Å². The molecule has 3 rings (SSSR count). The number of fused-ring (bicyclic) bond motifs is 1. The third kappa shape index (κ3) is 2.24. The van der Waals surface area contributed by atoms with Crippen LogP contribution in [0.15, 0.2) is 18.3 Å². The minimum Gasteiger partial charge on any atom is -0.307 e. The zero-order valence-electron chi connectivity index (χ0n) is 10.6. The molecule has 4 nitrogen and oxygen atoms in total. The summed E-state index contributed by atoms with van der Waals surface area (Å²) in [6, 6.07) is 3.44. The Morgan fingerprint density at radius 2 is 2.00 bits per heavy atom. The van der Waals surface area contributed by atoms with Crippen LogP contribution in [0.5, 0.6) is 0 Å². The highest BCUT2D eigenvalue weighted by atomic mass is 19.4. The first-order valence-corrected chi connectivity index (χ1v) is 6.06. The first-order valence-electron chi connectivity index (χ1n) is 6.06. The first kappa shape index (κ1) is 13.0. The molecule has 7 heteroatoms. The van der Waals surface area contributed by atoms with Gasteiger partial charge in [-0.15, -0.1) is 0 Å². The van der Waals surface area contributed by atoms with Crippen LogP contribution in [0.1, 0.15) is 22.5 Å². The summed E-state index contributed by atoms with van der Waals surface area (Å²) in [6.07, 6.45) is -2.95. The van der Waals surface area contributed by atoms with Crippen LogP contribution in [0.3, 0.4) is 0 Å². The van der Waals surface area contributed by atoms with Crippen molar-refractivity contribution >= 4 is 0 Å². The SMILES string of the molecule is Cc1ccnc(-c2nc3c(c(C(F)(F)F)n2)CNC3)c1. The molecule has 0 spiro atoms. The molecular formula is C13H11F3N4. The van der Waals surface area contributed by atoms with E-state index >= 15 is 0 Å². The molecule has 1 N–H and O–H groups in total. The second-order valence-corrected chi connectivity index (χ2v) is 4.64. The number of halogens is 3. The quantitative estimate of drug-likeness (QED) is 0.872. The molecule has 0 fully saturated rings. The van der Waals surface area contributed by atoms with E-state index in [0.717, 1.165) is 5.56 Å². The number of aryl methyl sites for hydroxylation is 1. The van der Waals surface area contributed by atoms with Crippen LogP contribution in [0, 0.1) is 6.92 Å². The summed E-state index contributed by atoms with van der Waals surface area (Å²) in [6.45, 7) is 2.30. The fourth-order valence-corrected chi connectivity index (χ4v) is 2.18. The Morgan fingerprint density at radius 1 is 1.20 bits per heavy atom. The predicted molar refractivity (Wildman–Crippen MR) is 65.5 cm³/mol. The number of hydrogen-bond acceptors (Lipinski definition) is 4. The number of hydrogen-bond donors (Lipinski definition) is 1. The van der Waals surface area contributed by atoms with Gasteiger partial charge in [-0.05, 0) is 24.6 Å². The molecule has 0 radical (unpaired) electrons. The maximum Gasteiger partial charge on any atom is 0.433 e. The van der Waals surface area contributed by atoms with E-state index in [4.69, 9.17) is 0 Å². The lowest BCUT2D eigenvalue weighted by Crippen LogP contribution is -2.14. The number of alkyl halides is 3. The van der Waals surface area contributed by atoms with Crippen molar-refractivity contribution in [3.63, 3.8) is 0 Å². The van der Waals surface area contributed by atoms with Crippen molar-refractivity contribution in [1.82, 2.24) is 20.3 Å². The molecule has 20 heavy (non-hydrogen) atoms. The lowest BCUT2D eigenvalue weighted by atomic mass is 10.1. The average molecular weight is 280 g/mol. The summed E-state index contributed by atoms with van der Waals surface area (Å²) in [5.74, 6) is 0.0171. The maximum atomic E-state index is 13.1. The lowest BCUT2D eigenvalue weighted by Gasteiger charge is -2.12. The standard InChI is InChI=1S/C13H11F3N4/c1-7-2-3-18-9(4-7)12-19-10-6-17-5-8(10)11(20-12)13(14,15)16/h2-4,17H,5-6H2,1H3. The van der Waals surface area contributed by atoms with Gasteiger partial charge in [-0.2, -0.15) is 13.2 Å². The number of nitrogens with zero attached hydrogens (tertiary/aromatic N) is 3. The molecule has 0 atom stereocenters. The van der Waals surface area contributed by atoms with Crippen molar-refractivity contribution in [2.24, 2.45) is 0 Å². The number of nitrogens with one attached hydrogen (secondary N) is 1. The van der Waals surface area contributed by atoms with E-state index in [1.54, 1.807) is 12.1 Å². The molecule has 1 aliphatic heterocycles. The van der Waals surface area contributed by atoms with E-state index < -0.39 is 11.9 Å². The Balaban J connectivity index is 2.19. The zero-order valence-corrected chi connectivity index (χ0v) is 10.6. The molecule has 104 valence electrons.